The van der Waals surface area contributed by atoms with Gasteiger partial charge in [-0.2, -0.15) is 0 Å². The van der Waals surface area contributed by atoms with E-state index in [9.17, 15) is 0 Å². The van der Waals surface area contributed by atoms with Crippen LogP contribution in [0.25, 0.3) is 0 Å². The topological polar surface area (TPSA) is 12.4 Å². The molecule has 1 aliphatic heterocycles. The molecule has 0 aromatic heterocycles. The predicted molar refractivity (Wildman–Crippen MR) is 36.0 cm³/mol. The van der Waals surface area contributed by atoms with E-state index in [1.165, 1.54) is 5.71 Å². The fraction of sp³-hybridized carbons (Fsp3) is 0.571. The van der Waals surface area contributed by atoms with Crippen LogP contribution < -0.4 is 0 Å². The second kappa shape index (κ2) is 2.12. The molecule has 0 aromatic rings. The summed E-state index contributed by atoms with van der Waals surface area (Å²) in [5.74, 6) is 0.667. The number of rotatable bonds is 0. The second-order valence-corrected chi connectivity index (χ2v) is 2.29. The highest BCUT2D eigenvalue weighted by Gasteiger charge is 2.04. The Morgan fingerprint density at radius 2 is 2.50 bits per heavy atom. The number of nitrogens with zero attached hydrogens (tertiary/aromatic N) is 1. The first-order valence-corrected chi connectivity index (χ1v) is 3.00. The molecule has 0 amide bonds. The van der Waals surface area contributed by atoms with Crippen LogP contribution in [-0.4, -0.2) is 5.71 Å². The van der Waals surface area contributed by atoms with Crippen molar-refractivity contribution in [2.45, 2.75) is 20.3 Å². The van der Waals surface area contributed by atoms with Crippen LogP contribution in [0.3, 0.4) is 0 Å². The normalized spacial score (nSPS) is 27.8. The number of allylic oxidation sites excluding steroid dienone is 1. The van der Waals surface area contributed by atoms with Gasteiger partial charge in [0.25, 0.3) is 0 Å². The Morgan fingerprint density at radius 1 is 1.75 bits per heavy atom. The van der Waals surface area contributed by atoms with Crippen LogP contribution in [0.2, 0.25) is 0 Å². The molecule has 0 aliphatic carbocycles. The van der Waals surface area contributed by atoms with Gasteiger partial charge in [-0.15, -0.1) is 0 Å². The SMILES string of the molecule is CC1=NC=CCC1C. The van der Waals surface area contributed by atoms with Gasteiger partial charge < -0.3 is 0 Å². The third kappa shape index (κ3) is 0.971. The summed E-state index contributed by atoms with van der Waals surface area (Å²) in [7, 11) is 0. The molecule has 8 heavy (non-hydrogen) atoms. The first kappa shape index (κ1) is 5.54. The van der Waals surface area contributed by atoms with Crippen molar-refractivity contribution in [1.82, 2.24) is 0 Å². The van der Waals surface area contributed by atoms with Crippen molar-refractivity contribution in [3.63, 3.8) is 0 Å². The Hall–Kier alpha value is -0.590. The maximum atomic E-state index is 4.15. The van der Waals surface area contributed by atoms with E-state index in [2.05, 4.69) is 24.9 Å². The van der Waals surface area contributed by atoms with E-state index in [0.717, 1.165) is 6.42 Å². The summed E-state index contributed by atoms with van der Waals surface area (Å²) in [4.78, 5) is 4.15. The number of hydrogen-bond donors (Lipinski definition) is 0. The van der Waals surface area contributed by atoms with E-state index in [0.29, 0.717) is 5.92 Å². The van der Waals surface area contributed by atoms with Gasteiger partial charge >= 0.3 is 0 Å². The summed E-state index contributed by atoms with van der Waals surface area (Å²) in [5, 5.41) is 0. The lowest BCUT2D eigenvalue weighted by molar-refractivity contribution is 0.773. The summed E-state index contributed by atoms with van der Waals surface area (Å²) < 4.78 is 0. The average Bonchev–Trinajstić information content (AvgIpc) is 1.77. The fourth-order valence-corrected chi connectivity index (χ4v) is 0.733. The van der Waals surface area contributed by atoms with Crippen molar-refractivity contribution in [2.75, 3.05) is 0 Å². The third-order valence-electron chi connectivity index (χ3n) is 1.59. The lowest BCUT2D eigenvalue weighted by atomic mass is 10.0. The monoisotopic (exact) mass is 109 g/mol. The van der Waals surface area contributed by atoms with Crippen molar-refractivity contribution in [2.24, 2.45) is 10.9 Å². The number of aliphatic imine (C=N–C) groups is 1. The molecule has 1 heteroatoms. The van der Waals surface area contributed by atoms with Gasteiger partial charge in [-0.05, 0) is 19.3 Å². The van der Waals surface area contributed by atoms with Crippen LogP contribution in [0.5, 0.6) is 0 Å². The highest BCUT2D eigenvalue weighted by Crippen LogP contribution is 2.09. The van der Waals surface area contributed by atoms with Gasteiger partial charge in [-0.25, -0.2) is 0 Å². The standard InChI is InChI=1S/C7H11N/c1-6-4-3-5-8-7(6)2/h3,5-6H,4H2,1-2H3. The van der Waals surface area contributed by atoms with Gasteiger partial charge in [-0.1, -0.05) is 13.0 Å². The minimum absolute atomic E-state index is 0.667. The lowest BCUT2D eigenvalue weighted by Gasteiger charge is -2.09. The lowest BCUT2D eigenvalue weighted by Crippen LogP contribution is -2.07. The molecule has 1 atom stereocenters. The van der Waals surface area contributed by atoms with Crippen LogP contribution >= 0.6 is 0 Å². The van der Waals surface area contributed by atoms with E-state index in [1.54, 1.807) is 0 Å². The Labute approximate surface area is 50.1 Å². The Morgan fingerprint density at radius 3 is 2.88 bits per heavy atom. The van der Waals surface area contributed by atoms with Gasteiger partial charge in [0.05, 0.1) is 0 Å². The molecule has 1 rings (SSSR count). The van der Waals surface area contributed by atoms with Gasteiger partial charge in [0.1, 0.15) is 0 Å². The average molecular weight is 109 g/mol. The molecule has 1 nitrogen and oxygen atoms in total. The van der Waals surface area contributed by atoms with E-state index in [1.807, 2.05) is 6.20 Å². The Balaban J connectivity index is 2.66. The molecule has 0 bridgehead atoms. The van der Waals surface area contributed by atoms with Crippen molar-refractivity contribution in [3.05, 3.63) is 12.3 Å². The van der Waals surface area contributed by atoms with Crippen molar-refractivity contribution < 1.29 is 0 Å². The fourth-order valence-electron chi connectivity index (χ4n) is 0.733. The molecule has 0 radical (unpaired) electrons. The van der Waals surface area contributed by atoms with Gasteiger partial charge in [0, 0.05) is 11.9 Å². The van der Waals surface area contributed by atoms with Crippen LogP contribution in [0.15, 0.2) is 17.3 Å². The van der Waals surface area contributed by atoms with E-state index < -0.39 is 0 Å². The van der Waals surface area contributed by atoms with E-state index >= 15 is 0 Å². The second-order valence-electron chi connectivity index (χ2n) is 2.29. The van der Waals surface area contributed by atoms with Crippen molar-refractivity contribution in [1.29, 1.82) is 0 Å². The molecule has 0 saturated heterocycles. The zero-order chi connectivity index (χ0) is 5.98. The molecule has 44 valence electrons. The molecule has 0 N–H and O–H groups in total. The molecule has 0 fully saturated rings. The van der Waals surface area contributed by atoms with E-state index in [4.69, 9.17) is 0 Å². The Kier molecular flexibility index (Phi) is 1.47. The van der Waals surface area contributed by atoms with Crippen molar-refractivity contribution in [3.8, 4) is 0 Å². The summed E-state index contributed by atoms with van der Waals surface area (Å²) in [6.45, 7) is 4.27. The predicted octanol–water partition coefficient (Wildman–Crippen LogP) is 2.00. The largest absolute Gasteiger partial charge is 0.266 e. The maximum absolute atomic E-state index is 4.15. The molecule has 0 saturated carbocycles. The van der Waals surface area contributed by atoms with Gasteiger partial charge in [0.15, 0.2) is 0 Å². The van der Waals surface area contributed by atoms with Crippen LogP contribution in [0.4, 0.5) is 0 Å². The molecular weight excluding hydrogens is 98.1 g/mol. The first-order chi connectivity index (χ1) is 3.80. The van der Waals surface area contributed by atoms with Crippen LogP contribution in [0, 0.1) is 5.92 Å². The number of hydrogen-bond acceptors (Lipinski definition) is 1. The van der Waals surface area contributed by atoms with Crippen molar-refractivity contribution >= 4 is 5.71 Å². The summed E-state index contributed by atoms with van der Waals surface area (Å²) >= 11 is 0. The molecule has 0 aromatic carbocycles. The minimum Gasteiger partial charge on any atom is -0.266 e. The molecular formula is C7H11N. The van der Waals surface area contributed by atoms with Gasteiger partial charge in [-0.3, -0.25) is 4.99 Å². The third-order valence-corrected chi connectivity index (χ3v) is 1.59. The smallest absolute Gasteiger partial charge is 0.0227 e. The summed E-state index contributed by atoms with van der Waals surface area (Å²) in [6, 6.07) is 0. The summed E-state index contributed by atoms with van der Waals surface area (Å²) in [5.41, 5.74) is 1.26. The Bertz CT molecular complexity index is 133. The first-order valence-electron chi connectivity index (χ1n) is 3.00. The zero-order valence-corrected chi connectivity index (χ0v) is 5.39. The van der Waals surface area contributed by atoms with Gasteiger partial charge in [0.2, 0.25) is 0 Å². The highest BCUT2D eigenvalue weighted by atomic mass is 14.7. The molecule has 1 aliphatic rings. The maximum Gasteiger partial charge on any atom is 0.0227 e. The quantitative estimate of drug-likeness (QED) is 0.451. The minimum atomic E-state index is 0.667. The molecule has 1 heterocycles. The summed E-state index contributed by atoms with van der Waals surface area (Å²) in [6.07, 6.45) is 5.16. The van der Waals surface area contributed by atoms with Crippen LogP contribution in [-0.2, 0) is 0 Å². The zero-order valence-electron chi connectivity index (χ0n) is 5.39. The van der Waals surface area contributed by atoms with E-state index in [-0.39, 0.29) is 0 Å². The molecule has 0 spiro atoms. The molecule has 1 unspecified atom stereocenters. The van der Waals surface area contributed by atoms with Crippen LogP contribution in [0.1, 0.15) is 20.3 Å². The highest BCUT2D eigenvalue weighted by molar-refractivity contribution is 5.85.